The molecule has 0 unspecified atom stereocenters. The molecule has 0 spiro atoms. The lowest BCUT2D eigenvalue weighted by molar-refractivity contribution is -0.140. The average Bonchev–Trinajstić information content (AvgIpc) is 3.55. The topological polar surface area (TPSA) is 86.8 Å². The van der Waals surface area contributed by atoms with Crippen LogP contribution in [0.4, 0.5) is 5.69 Å². The summed E-state index contributed by atoms with van der Waals surface area (Å²) in [4.78, 5) is 30.4. The molecule has 0 heterocycles. The maximum atomic E-state index is 14.6. The minimum atomic E-state index is -4.13. The molecule has 1 fully saturated rings. The van der Waals surface area contributed by atoms with Gasteiger partial charge in [0.1, 0.15) is 12.6 Å². The smallest absolute Gasteiger partial charge is 0.264 e. The van der Waals surface area contributed by atoms with Crippen LogP contribution in [0.3, 0.4) is 0 Å². The van der Waals surface area contributed by atoms with Crippen molar-refractivity contribution in [2.75, 3.05) is 10.8 Å². The van der Waals surface area contributed by atoms with Crippen molar-refractivity contribution in [1.29, 1.82) is 0 Å². The number of aryl methyl sites for hydroxylation is 3. The quantitative estimate of drug-likeness (QED) is 0.192. The second-order valence-electron chi connectivity index (χ2n) is 12.4. The largest absolute Gasteiger partial charge is 0.352 e. The lowest BCUT2D eigenvalue weighted by Gasteiger charge is -2.34. The zero-order valence-corrected chi connectivity index (χ0v) is 27.7. The highest BCUT2D eigenvalue weighted by Crippen LogP contribution is 2.26. The fourth-order valence-corrected chi connectivity index (χ4v) is 7.42. The summed E-state index contributed by atoms with van der Waals surface area (Å²) in [5.74, 6) is -0.680. The molecule has 0 radical (unpaired) electrons. The number of amides is 2. The zero-order chi connectivity index (χ0) is 32.7. The van der Waals surface area contributed by atoms with Crippen molar-refractivity contribution in [2.45, 2.75) is 76.4 Å². The van der Waals surface area contributed by atoms with Crippen LogP contribution < -0.4 is 9.62 Å². The molecule has 0 bridgehead atoms. The van der Waals surface area contributed by atoms with Gasteiger partial charge in [0.2, 0.25) is 11.8 Å². The summed E-state index contributed by atoms with van der Waals surface area (Å²) in [6, 6.07) is 30.4. The highest BCUT2D eigenvalue weighted by Gasteiger charge is 2.35. The van der Waals surface area contributed by atoms with Crippen molar-refractivity contribution < 1.29 is 18.0 Å². The van der Waals surface area contributed by atoms with E-state index in [0.29, 0.717) is 12.1 Å². The predicted octanol–water partition coefficient (Wildman–Crippen LogP) is 6.51. The summed E-state index contributed by atoms with van der Waals surface area (Å²) in [6.45, 7) is 5.49. The first-order valence-electron chi connectivity index (χ1n) is 16.0. The molecule has 1 atom stereocenters. The highest BCUT2D eigenvalue weighted by molar-refractivity contribution is 7.92. The maximum Gasteiger partial charge on any atom is 0.264 e. The molecule has 4 aromatic rings. The molecule has 7 nitrogen and oxygen atoms in total. The molecule has 46 heavy (non-hydrogen) atoms. The van der Waals surface area contributed by atoms with Gasteiger partial charge < -0.3 is 10.2 Å². The number of carbonyl (C=O) groups excluding carboxylic acids is 2. The minimum Gasteiger partial charge on any atom is -0.352 e. The number of anilines is 1. The lowest BCUT2D eigenvalue weighted by atomic mass is 10.0. The number of carbonyl (C=O) groups is 2. The van der Waals surface area contributed by atoms with E-state index >= 15 is 0 Å². The molecule has 1 N–H and O–H groups in total. The van der Waals surface area contributed by atoms with E-state index in [-0.39, 0.29) is 23.4 Å². The van der Waals surface area contributed by atoms with Crippen molar-refractivity contribution in [3.63, 3.8) is 0 Å². The van der Waals surface area contributed by atoms with E-state index < -0.39 is 28.5 Å². The summed E-state index contributed by atoms with van der Waals surface area (Å²) in [7, 11) is -4.13. The molecule has 0 saturated heterocycles. The van der Waals surface area contributed by atoms with Crippen molar-refractivity contribution in [3.05, 3.63) is 131 Å². The van der Waals surface area contributed by atoms with Crippen LogP contribution in [0.15, 0.2) is 108 Å². The Kier molecular flexibility index (Phi) is 10.6. The maximum absolute atomic E-state index is 14.6. The van der Waals surface area contributed by atoms with Gasteiger partial charge in [-0.25, -0.2) is 8.42 Å². The molecule has 2 amide bonds. The Morgan fingerprint density at radius 2 is 1.37 bits per heavy atom. The van der Waals surface area contributed by atoms with Crippen LogP contribution in [0.25, 0.3) is 0 Å². The van der Waals surface area contributed by atoms with Crippen molar-refractivity contribution in [3.8, 4) is 0 Å². The Bertz CT molecular complexity index is 1730. The van der Waals surface area contributed by atoms with Gasteiger partial charge in [-0.15, -0.1) is 0 Å². The molecule has 8 heteroatoms. The van der Waals surface area contributed by atoms with Crippen LogP contribution in [0.1, 0.15) is 53.5 Å². The minimum absolute atomic E-state index is 0.0627. The third-order valence-corrected chi connectivity index (χ3v) is 10.4. The predicted molar refractivity (Wildman–Crippen MR) is 183 cm³/mol. The van der Waals surface area contributed by atoms with Gasteiger partial charge in [0.05, 0.1) is 10.6 Å². The number of rotatable bonds is 12. The van der Waals surface area contributed by atoms with E-state index in [1.54, 1.807) is 41.3 Å². The number of benzene rings is 4. The average molecular weight is 638 g/mol. The number of nitrogens with zero attached hydrogens (tertiary/aromatic N) is 2. The van der Waals surface area contributed by atoms with Gasteiger partial charge in [-0.1, -0.05) is 108 Å². The van der Waals surface area contributed by atoms with Crippen LogP contribution in [0.5, 0.6) is 0 Å². The van der Waals surface area contributed by atoms with Crippen molar-refractivity contribution in [1.82, 2.24) is 10.2 Å². The van der Waals surface area contributed by atoms with Gasteiger partial charge in [-0.2, -0.15) is 0 Å². The molecule has 0 aliphatic heterocycles. The summed E-state index contributed by atoms with van der Waals surface area (Å²) in [5, 5.41) is 3.22. The van der Waals surface area contributed by atoms with Crippen LogP contribution in [0, 0.1) is 20.8 Å². The van der Waals surface area contributed by atoms with E-state index in [2.05, 4.69) is 5.32 Å². The van der Waals surface area contributed by atoms with Gasteiger partial charge in [0.15, 0.2) is 0 Å². The Morgan fingerprint density at radius 1 is 0.761 bits per heavy atom. The first-order chi connectivity index (χ1) is 22.1. The molecular formula is C38H43N3O4S. The Morgan fingerprint density at radius 3 is 2.00 bits per heavy atom. The van der Waals surface area contributed by atoms with Crippen molar-refractivity contribution >= 4 is 27.5 Å². The normalized spacial score (nSPS) is 14.1. The molecule has 5 rings (SSSR count). The number of hydrogen-bond donors (Lipinski definition) is 1. The second kappa shape index (κ2) is 14.8. The van der Waals surface area contributed by atoms with E-state index in [1.165, 1.54) is 0 Å². The van der Waals surface area contributed by atoms with E-state index in [0.717, 1.165) is 57.8 Å². The zero-order valence-electron chi connectivity index (χ0n) is 26.9. The van der Waals surface area contributed by atoms with E-state index in [9.17, 15) is 18.0 Å². The van der Waals surface area contributed by atoms with Gasteiger partial charge in [0.25, 0.3) is 10.0 Å². The Balaban J connectivity index is 1.56. The van der Waals surface area contributed by atoms with E-state index in [1.807, 2.05) is 87.5 Å². The number of nitrogens with one attached hydrogen (secondary N) is 1. The monoisotopic (exact) mass is 637 g/mol. The van der Waals surface area contributed by atoms with Crippen molar-refractivity contribution in [2.24, 2.45) is 0 Å². The molecule has 1 aliphatic carbocycles. The fraction of sp³-hybridized carbons (Fsp3) is 0.316. The molecular weight excluding hydrogens is 595 g/mol. The van der Waals surface area contributed by atoms with Gasteiger partial charge in [0, 0.05) is 19.0 Å². The number of hydrogen-bond acceptors (Lipinski definition) is 4. The Labute approximate surface area is 273 Å². The van der Waals surface area contributed by atoms with E-state index in [4.69, 9.17) is 0 Å². The first kappa shape index (κ1) is 32.9. The summed E-state index contributed by atoms with van der Waals surface area (Å²) < 4.78 is 29.5. The summed E-state index contributed by atoms with van der Waals surface area (Å²) in [6.07, 6.45) is 4.23. The van der Waals surface area contributed by atoms with Crippen LogP contribution in [-0.4, -0.2) is 43.8 Å². The molecule has 0 aromatic heterocycles. The molecule has 1 saturated carbocycles. The number of sulfonamides is 1. The Hall–Kier alpha value is -4.43. The van der Waals surface area contributed by atoms with Gasteiger partial charge >= 0.3 is 0 Å². The SMILES string of the molecule is Cc1ccc(N(CC(=O)N(Cc2cccc(C)c2)[C@@H](Cc2ccccc2)C(=O)NC2CCCC2)S(=O)(=O)c2ccc(C)cc2)cc1. The molecule has 1 aliphatic rings. The van der Waals surface area contributed by atoms with Crippen LogP contribution in [-0.2, 0) is 32.6 Å². The van der Waals surface area contributed by atoms with Crippen LogP contribution in [0.2, 0.25) is 0 Å². The summed E-state index contributed by atoms with van der Waals surface area (Å²) in [5.41, 5.74) is 5.09. The molecule has 240 valence electrons. The fourth-order valence-electron chi connectivity index (χ4n) is 6.01. The van der Waals surface area contributed by atoms with Gasteiger partial charge in [-0.05, 0) is 69.0 Å². The van der Waals surface area contributed by atoms with Gasteiger partial charge in [-0.3, -0.25) is 13.9 Å². The third kappa shape index (κ3) is 8.23. The lowest BCUT2D eigenvalue weighted by Crippen LogP contribution is -2.54. The third-order valence-electron chi connectivity index (χ3n) is 8.62. The second-order valence-corrected chi connectivity index (χ2v) is 14.2. The van der Waals surface area contributed by atoms with Crippen LogP contribution >= 0.6 is 0 Å². The summed E-state index contributed by atoms with van der Waals surface area (Å²) >= 11 is 0. The molecule has 4 aromatic carbocycles. The first-order valence-corrected chi connectivity index (χ1v) is 17.4. The highest BCUT2D eigenvalue weighted by atomic mass is 32.2. The standard InChI is InChI=1S/C38H43N3O4S/c1-28-16-20-34(21-17-28)41(46(44,45)35-22-18-29(2)19-23-35)27-37(42)40(26-32-13-9-10-30(3)24-32)36(25-31-11-5-4-6-12-31)38(43)39-33-14-7-8-15-33/h4-6,9-13,16-24,33,36H,7-8,14-15,25-27H2,1-3H3,(H,39,43)/t36-/m0/s1.